The Kier molecular flexibility index (Phi) is 8.30. The molecule has 0 aromatic heterocycles. The highest BCUT2D eigenvalue weighted by molar-refractivity contribution is 5.70. The highest BCUT2D eigenvalue weighted by atomic mass is 16.6. The van der Waals surface area contributed by atoms with Crippen LogP contribution < -0.4 is 0 Å². The first kappa shape index (κ1) is 20.0. The molecule has 1 aromatic rings. The molecule has 1 amide bonds. The van der Waals surface area contributed by atoms with Gasteiger partial charge in [-0.15, -0.1) is 0 Å². The number of carbonyl (C=O) groups excluding carboxylic acids is 2. The third-order valence-electron chi connectivity index (χ3n) is 3.19. The molecule has 0 N–H and O–H groups in total. The van der Waals surface area contributed by atoms with E-state index in [1.807, 2.05) is 58.0 Å². The lowest BCUT2D eigenvalue weighted by Crippen LogP contribution is -2.33. The van der Waals surface area contributed by atoms with Gasteiger partial charge in [-0.25, -0.2) is 4.79 Å². The summed E-state index contributed by atoms with van der Waals surface area (Å²) in [5.41, 5.74) is 0.477. The van der Waals surface area contributed by atoms with Gasteiger partial charge in [0, 0.05) is 19.5 Å². The number of amides is 1. The third kappa shape index (κ3) is 8.56. The van der Waals surface area contributed by atoms with Crippen molar-refractivity contribution in [3.8, 4) is 0 Å². The molecule has 0 radical (unpaired) electrons. The standard InChI is InChI=1S/C19H29NO4/c1-5-13-20(14-9-12-17(21)24-19(2,3)4)18(22)23-15-16-10-7-6-8-11-16/h6-8,10-11H,5,9,12-15H2,1-4H3. The number of ether oxygens (including phenoxy) is 2. The predicted molar refractivity (Wildman–Crippen MR) is 93.6 cm³/mol. The van der Waals surface area contributed by atoms with Gasteiger partial charge in [0.05, 0.1) is 0 Å². The van der Waals surface area contributed by atoms with Crippen LogP contribution in [0.2, 0.25) is 0 Å². The number of esters is 1. The van der Waals surface area contributed by atoms with Crippen molar-refractivity contribution in [3.05, 3.63) is 35.9 Å². The fourth-order valence-electron chi connectivity index (χ4n) is 2.18. The van der Waals surface area contributed by atoms with Gasteiger partial charge < -0.3 is 14.4 Å². The molecule has 0 heterocycles. The maximum Gasteiger partial charge on any atom is 0.410 e. The largest absolute Gasteiger partial charge is 0.460 e. The minimum Gasteiger partial charge on any atom is -0.460 e. The van der Waals surface area contributed by atoms with Crippen molar-refractivity contribution in [2.24, 2.45) is 0 Å². The number of hydrogen-bond donors (Lipinski definition) is 0. The van der Waals surface area contributed by atoms with E-state index in [-0.39, 0.29) is 18.7 Å². The Bertz CT molecular complexity index is 508. The van der Waals surface area contributed by atoms with E-state index >= 15 is 0 Å². The lowest BCUT2D eigenvalue weighted by molar-refractivity contribution is -0.155. The zero-order chi connectivity index (χ0) is 18.0. The smallest absolute Gasteiger partial charge is 0.410 e. The Balaban J connectivity index is 2.39. The van der Waals surface area contributed by atoms with Crippen LogP contribution in [0.3, 0.4) is 0 Å². The minimum absolute atomic E-state index is 0.239. The second kappa shape index (κ2) is 9.96. The third-order valence-corrected chi connectivity index (χ3v) is 3.19. The molecule has 0 aliphatic carbocycles. The molecule has 0 bridgehead atoms. The quantitative estimate of drug-likeness (QED) is 0.670. The van der Waals surface area contributed by atoms with E-state index in [1.165, 1.54) is 0 Å². The van der Waals surface area contributed by atoms with E-state index < -0.39 is 5.60 Å². The van der Waals surface area contributed by atoms with Crippen LogP contribution in [0.4, 0.5) is 4.79 Å². The Morgan fingerprint density at radius 2 is 1.75 bits per heavy atom. The van der Waals surface area contributed by atoms with Crippen LogP contribution >= 0.6 is 0 Å². The molecule has 1 rings (SSSR count). The molecule has 0 aliphatic rings. The number of rotatable bonds is 8. The number of carbonyl (C=O) groups is 2. The molecule has 0 atom stereocenters. The van der Waals surface area contributed by atoms with Gasteiger partial charge in [-0.1, -0.05) is 37.3 Å². The van der Waals surface area contributed by atoms with Crippen LogP contribution in [-0.2, 0) is 20.9 Å². The van der Waals surface area contributed by atoms with Gasteiger partial charge in [0.1, 0.15) is 12.2 Å². The van der Waals surface area contributed by atoms with Gasteiger partial charge in [0.15, 0.2) is 0 Å². The van der Waals surface area contributed by atoms with Crippen LogP contribution in [0, 0.1) is 0 Å². The van der Waals surface area contributed by atoms with Crippen LogP contribution in [0.15, 0.2) is 30.3 Å². The van der Waals surface area contributed by atoms with Crippen molar-refractivity contribution in [3.63, 3.8) is 0 Å². The fraction of sp³-hybridized carbons (Fsp3) is 0.579. The van der Waals surface area contributed by atoms with Gasteiger partial charge in [0.2, 0.25) is 0 Å². The second-order valence-corrected chi connectivity index (χ2v) is 6.72. The number of benzene rings is 1. The summed E-state index contributed by atoms with van der Waals surface area (Å²) in [7, 11) is 0. The van der Waals surface area contributed by atoms with Crippen LogP contribution in [0.25, 0.3) is 0 Å². The van der Waals surface area contributed by atoms with E-state index in [9.17, 15) is 9.59 Å². The number of nitrogens with zero attached hydrogens (tertiary/aromatic N) is 1. The number of hydrogen-bond acceptors (Lipinski definition) is 4. The predicted octanol–water partition coefficient (Wildman–Crippen LogP) is 4.16. The summed E-state index contributed by atoms with van der Waals surface area (Å²) in [5.74, 6) is -0.239. The van der Waals surface area contributed by atoms with E-state index in [0.29, 0.717) is 25.9 Å². The molecule has 0 saturated heterocycles. The molecule has 0 saturated carbocycles. The Hall–Kier alpha value is -2.04. The molecule has 24 heavy (non-hydrogen) atoms. The lowest BCUT2D eigenvalue weighted by atomic mass is 10.2. The Morgan fingerprint density at radius 1 is 1.08 bits per heavy atom. The highest BCUT2D eigenvalue weighted by Crippen LogP contribution is 2.10. The van der Waals surface area contributed by atoms with E-state index in [4.69, 9.17) is 9.47 Å². The van der Waals surface area contributed by atoms with Gasteiger partial charge in [-0.2, -0.15) is 0 Å². The van der Waals surface area contributed by atoms with Gasteiger partial charge in [0.25, 0.3) is 0 Å². The van der Waals surface area contributed by atoms with Crippen molar-refractivity contribution in [1.82, 2.24) is 4.90 Å². The zero-order valence-electron chi connectivity index (χ0n) is 15.2. The normalized spacial score (nSPS) is 11.0. The molecule has 0 spiro atoms. The van der Waals surface area contributed by atoms with Crippen LogP contribution in [0.5, 0.6) is 0 Å². The summed E-state index contributed by atoms with van der Waals surface area (Å²) >= 11 is 0. The molecule has 0 fully saturated rings. The fourth-order valence-corrected chi connectivity index (χ4v) is 2.18. The van der Waals surface area contributed by atoms with Crippen molar-refractivity contribution >= 4 is 12.1 Å². The minimum atomic E-state index is -0.477. The van der Waals surface area contributed by atoms with Gasteiger partial charge >= 0.3 is 12.1 Å². The molecular formula is C19H29NO4. The van der Waals surface area contributed by atoms with E-state index in [1.54, 1.807) is 4.90 Å². The average Bonchev–Trinajstić information content (AvgIpc) is 2.51. The van der Waals surface area contributed by atoms with Crippen LogP contribution in [-0.4, -0.2) is 35.7 Å². The van der Waals surface area contributed by atoms with Gasteiger partial charge in [-0.3, -0.25) is 4.79 Å². The van der Waals surface area contributed by atoms with Crippen molar-refractivity contribution < 1.29 is 19.1 Å². The summed E-state index contributed by atoms with van der Waals surface area (Å²) in [6.07, 6.45) is 1.36. The lowest BCUT2D eigenvalue weighted by Gasteiger charge is -2.22. The topological polar surface area (TPSA) is 55.8 Å². The second-order valence-electron chi connectivity index (χ2n) is 6.72. The SMILES string of the molecule is CCCN(CCCC(=O)OC(C)(C)C)C(=O)OCc1ccccc1. The maximum atomic E-state index is 12.2. The Morgan fingerprint density at radius 3 is 2.33 bits per heavy atom. The average molecular weight is 335 g/mol. The first-order valence-corrected chi connectivity index (χ1v) is 8.49. The van der Waals surface area contributed by atoms with E-state index in [0.717, 1.165) is 12.0 Å². The monoisotopic (exact) mass is 335 g/mol. The Labute approximate surface area is 144 Å². The zero-order valence-corrected chi connectivity index (χ0v) is 15.2. The van der Waals surface area contributed by atoms with Crippen molar-refractivity contribution in [1.29, 1.82) is 0 Å². The summed E-state index contributed by atoms with van der Waals surface area (Å²) in [5, 5.41) is 0. The van der Waals surface area contributed by atoms with Crippen molar-refractivity contribution in [2.75, 3.05) is 13.1 Å². The molecule has 1 aromatic carbocycles. The first-order chi connectivity index (χ1) is 11.3. The molecule has 5 nitrogen and oxygen atoms in total. The summed E-state index contributed by atoms with van der Waals surface area (Å²) < 4.78 is 10.6. The molecule has 134 valence electrons. The summed E-state index contributed by atoms with van der Waals surface area (Å²) in [6.45, 7) is 8.89. The van der Waals surface area contributed by atoms with E-state index in [2.05, 4.69) is 0 Å². The first-order valence-electron chi connectivity index (χ1n) is 8.49. The molecule has 0 aliphatic heterocycles. The summed E-state index contributed by atoms with van der Waals surface area (Å²) in [4.78, 5) is 25.6. The molecular weight excluding hydrogens is 306 g/mol. The van der Waals surface area contributed by atoms with Crippen LogP contribution in [0.1, 0.15) is 52.5 Å². The summed E-state index contributed by atoms with van der Waals surface area (Å²) in [6, 6.07) is 9.58. The molecule has 0 unspecified atom stereocenters. The molecule has 5 heteroatoms. The highest BCUT2D eigenvalue weighted by Gasteiger charge is 2.18. The van der Waals surface area contributed by atoms with Crippen molar-refractivity contribution in [2.45, 2.75) is 59.2 Å². The maximum absolute atomic E-state index is 12.2. The van der Waals surface area contributed by atoms with Gasteiger partial charge in [-0.05, 0) is 39.2 Å².